The van der Waals surface area contributed by atoms with Gasteiger partial charge in [0.05, 0.1) is 11.3 Å². The molecule has 7 heteroatoms. The van der Waals surface area contributed by atoms with E-state index in [-0.39, 0.29) is 64.0 Å². The van der Waals surface area contributed by atoms with Crippen molar-refractivity contribution in [1.82, 2.24) is 5.16 Å². The van der Waals surface area contributed by atoms with Crippen LogP contribution in [0.3, 0.4) is 0 Å². The maximum Gasteiger partial charge on any atom is 0.265 e. The summed E-state index contributed by atoms with van der Waals surface area (Å²) in [7, 11) is 3.99. The van der Waals surface area contributed by atoms with Gasteiger partial charge in [0.25, 0.3) is 5.88 Å². The van der Waals surface area contributed by atoms with Gasteiger partial charge in [0.1, 0.15) is 12.2 Å². The van der Waals surface area contributed by atoms with E-state index in [1.54, 1.807) is 6.92 Å². The van der Waals surface area contributed by atoms with Crippen LogP contribution in [-0.4, -0.2) is 36.6 Å². The highest BCUT2D eigenvalue weighted by Crippen LogP contribution is 2.60. The Bertz CT molecular complexity index is 1690. The van der Waals surface area contributed by atoms with Crippen LogP contribution in [-0.2, 0) is 24.2 Å². The Morgan fingerprint density at radius 3 is 2.33 bits per heavy atom. The molecule has 0 amide bonds. The molecule has 0 radical (unpaired) electrons. The maximum absolute atomic E-state index is 14.9. The van der Waals surface area contributed by atoms with E-state index in [1.165, 1.54) is 0 Å². The first kappa shape index (κ1) is 32.2. The van der Waals surface area contributed by atoms with Gasteiger partial charge in [-0.05, 0) is 89.6 Å². The van der Waals surface area contributed by atoms with Gasteiger partial charge in [-0.3, -0.25) is 14.4 Å². The smallest absolute Gasteiger partial charge is 0.265 e. The van der Waals surface area contributed by atoms with Crippen LogP contribution in [0.15, 0.2) is 47.0 Å². The van der Waals surface area contributed by atoms with Crippen LogP contribution in [0.2, 0.25) is 0 Å². The minimum absolute atomic E-state index is 0.0615. The van der Waals surface area contributed by atoms with Crippen LogP contribution in [0.25, 0.3) is 0 Å². The molecular formula is C39H48N2O5. The van der Waals surface area contributed by atoms with E-state index in [4.69, 9.17) is 9.26 Å². The highest BCUT2D eigenvalue weighted by Gasteiger charge is 2.66. The van der Waals surface area contributed by atoms with Gasteiger partial charge in [0.2, 0.25) is 0 Å². The van der Waals surface area contributed by atoms with Crippen molar-refractivity contribution in [3.8, 4) is 5.88 Å². The van der Waals surface area contributed by atoms with Gasteiger partial charge >= 0.3 is 0 Å². The van der Waals surface area contributed by atoms with E-state index < -0.39 is 11.3 Å². The number of hydrogen-bond donors (Lipinski definition) is 0. The zero-order chi connectivity index (χ0) is 33.3. The van der Waals surface area contributed by atoms with Crippen molar-refractivity contribution in [2.45, 2.75) is 80.8 Å². The molecule has 1 aromatic heterocycles. The third-order valence-electron chi connectivity index (χ3n) is 10.8. The van der Waals surface area contributed by atoms with Crippen LogP contribution in [0.4, 0.5) is 5.69 Å². The molecular weight excluding hydrogens is 576 g/mol. The average molecular weight is 625 g/mol. The molecule has 1 heterocycles. The summed E-state index contributed by atoms with van der Waals surface area (Å²) in [6.45, 7) is 15.3. The minimum atomic E-state index is -1.40. The quantitative estimate of drug-likeness (QED) is 0.249. The summed E-state index contributed by atoms with van der Waals surface area (Å²) in [5.74, 6) is -1.60. The van der Waals surface area contributed by atoms with E-state index in [0.717, 1.165) is 35.2 Å². The van der Waals surface area contributed by atoms with E-state index in [2.05, 4.69) is 50.7 Å². The van der Waals surface area contributed by atoms with Crippen molar-refractivity contribution in [1.29, 1.82) is 0 Å². The molecule has 2 aromatic carbocycles. The largest absolute Gasteiger partial charge is 0.470 e. The molecule has 7 nitrogen and oxygen atoms in total. The number of aryl methyl sites for hydroxylation is 1. The summed E-state index contributed by atoms with van der Waals surface area (Å²) in [5, 5.41) is 4.20. The van der Waals surface area contributed by atoms with Crippen LogP contribution in [0, 0.1) is 46.8 Å². The van der Waals surface area contributed by atoms with Crippen molar-refractivity contribution in [2.24, 2.45) is 39.9 Å². The Kier molecular flexibility index (Phi) is 7.85. The van der Waals surface area contributed by atoms with Gasteiger partial charge < -0.3 is 14.2 Å². The summed E-state index contributed by atoms with van der Waals surface area (Å²) in [4.78, 5) is 46.3. The van der Waals surface area contributed by atoms with Crippen LogP contribution in [0.1, 0.15) is 97.6 Å². The highest BCUT2D eigenvalue weighted by atomic mass is 16.5. The molecule has 3 aromatic rings. The molecule has 3 aliphatic carbocycles. The second-order valence-corrected chi connectivity index (χ2v) is 16.4. The molecule has 0 N–H and O–H groups in total. The zero-order valence-corrected chi connectivity index (χ0v) is 28.8. The fraction of sp³-hybridized carbons (Fsp3) is 0.538. The predicted molar refractivity (Wildman–Crippen MR) is 178 cm³/mol. The molecule has 46 heavy (non-hydrogen) atoms. The van der Waals surface area contributed by atoms with Crippen molar-refractivity contribution in [3.63, 3.8) is 0 Å². The number of benzene rings is 2. The van der Waals surface area contributed by atoms with Crippen molar-refractivity contribution >= 4 is 23.0 Å². The zero-order valence-electron chi connectivity index (χ0n) is 28.8. The van der Waals surface area contributed by atoms with Gasteiger partial charge in [-0.1, -0.05) is 71.0 Å². The number of carbonyl (C=O) groups is 3. The molecule has 0 aliphatic heterocycles. The predicted octanol–water partition coefficient (Wildman–Crippen LogP) is 7.71. The Labute approximate surface area is 273 Å². The molecule has 5 unspecified atom stereocenters. The van der Waals surface area contributed by atoms with Crippen LogP contribution < -0.4 is 9.64 Å². The third kappa shape index (κ3) is 5.29. The molecule has 0 spiro atoms. The number of hydrogen-bond acceptors (Lipinski definition) is 7. The van der Waals surface area contributed by atoms with Gasteiger partial charge in [-0.15, -0.1) is 0 Å². The summed E-state index contributed by atoms with van der Waals surface area (Å²) in [6, 6.07) is 13.7. The molecule has 0 bridgehead atoms. The Morgan fingerprint density at radius 2 is 1.67 bits per heavy atom. The Hall–Kier alpha value is -3.74. The summed E-state index contributed by atoms with van der Waals surface area (Å²) >= 11 is 0. The molecule has 5 atom stereocenters. The summed E-state index contributed by atoms with van der Waals surface area (Å²) in [6.07, 6.45) is 2.79. The van der Waals surface area contributed by atoms with E-state index >= 15 is 0 Å². The first-order valence-electron chi connectivity index (χ1n) is 16.6. The number of rotatable bonds is 7. The lowest BCUT2D eigenvalue weighted by atomic mass is 9.45. The number of Topliss-reactive ketones (excluding diaryl/α,β-unsaturated/α-hetero) is 3. The number of ketones is 3. The molecule has 1 fully saturated rings. The van der Waals surface area contributed by atoms with E-state index in [1.807, 2.05) is 57.4 Å². The lowest BCUT2D eigenvalue weighted by Crippen LogP contribution is -2.62. The minimum Gasteiger partial charge on any atom is -0.470 e. The van der Waals surface area contributed by atoms with Gasteiger partial charge in [0, 0.05) is 31.8 Å². The number of ether oxygens (including phenoxy) is 1. The lowest BCUT2D eigenvalue weighted by Gasteiger charge is -2.55. The standard InChI is InChI=1S/C39H48N2O5/c1-22-15-16-28(41(8)9)25-17-24-26(19-38(5,6)21-37(2,3)4)27-18-29-32(36(40-46-29)45-20-23-13-11-10-12-14-23)35(44)39(27,7)34(43)31(24)33(42)30(22)25/h10-16,24,26-27,31H,17-21H2,1-9H3. The van der Waals surface area contributed by atoms with Crippen LogP contribution >= 0.6 is 0 Å². The maximum atomic E-state index is 14.9. The SMILES string of the molecule is Cc1ccc(N(C)C)c2c1C(=O)C1C(=O)C3(C)C(=O)c4c(OCc5ccccc5)noc4CC3C(CC(C)(C)CC(C)(C)C)C1C2. The van der Waals surface area contributed by atoms with Gasteiger partial charge in [-0.2, -0.15) is 0 Å². The monoisotopic (exact) mass is 624 g/mol. The first-order chi connectivity index (χ1) is 21.5. The molecule has 0 saturated heterocycles. The highest BCUT2D eigenvalue weighted by molar-refractivity contribution is 6.24. The first-order valence-corrected chi connectivity index (χ1v) is 16.6. The second-order valence-electron chi connectivity index (χ2n) is 16.4. The van der Waals surface area contributed by atoms with Crippen molar-refractivity contribution in [3.05, 3.63) is 76.0 Å². The summed E-state index contributed by atoms with van der Waals surface area (Å²) < 4.78 is 11.9. The summed E-state index contributed by atoms with van der Waals surface area (Å²) in [5.41, 5.74) is 3.34. The van der Waals surface area contributed by atoms with Gasteiger partial charge in [-0.25, -0.2) is 0 Å². The normalized spacial score (nSPS) is 25.8. The number of anilines is 1. The fourth-order valence-electron chi connectivity index (χ4n) is 9.40. The Morgan fingerprint density at radius 1 is 0.978 bits per heavy atom. The van der Waals surface area contributed by atoms with Crippen molar-refractivity contribution < 1.29 is 23.6 Å². The fourth-order valence-corrected chi connectivity index (χ4v) is 9.40. The number of aromatic nitrogens is 1. The third-order valence-corrected chi connectivity index (χ3v) is 10.8. The molecule has 244 valence electrons. The average Bonchev–Trinajstić information content (AvgIpc) is 3.37. The second kappa shape index (κ2) is 11.2. The molecule has 1 saturated carbocycles. The lowest BCUT2D eigenvalue weighted by molar-refractivity contribution is -0.143. The van der Waals surface area contributed by atoms with Crippen LogP contribution in [0.5, 0.6) is 5.88 Å². The topological polar surface area (TPSA) is 89.7 Å². The Balaban J connectivity index is 1.46. The number of carbonyl (C=O) groups excluding carboxylic acids is 3. The number of nitrogens with zero attached hydrogens (tertiary/aromatic N) is 2. The van der Waals surface area contributed by atoms with E-state index in [9.17, 15) is 14.4 Å². The van der Waals surface area contributed by atoms with Crippen molar-refractivity contribution in [2.75, 3.05) is 19.0 Å². The molecule has 3 aliphatic rings. The van der Waals surface area contributed by atoms with Gasteiger partial charge in [0.15, 0.2) is 23.1 Å². The molecule has 6 rings (SSSR count). The van der Waals surface area contributed by atoms with E-state index in [0.29, 0.717) is 24.2 Å². The number of fused-ring (bicyclic) bond motifs is 4.